The molecule has 0 spiro atoms. The summed E-state index contributed by atoms with van der Waals surface area (Å²) in [7, 11) is 0. The Hall–Kier alpha value is -1.82. The van der Waals surface area contributed by atoms with Gasteiger partial charge in [-0.1, -0.05) is 72.8 Å². The zero-order chi connectivity index (χ0) is 12.8. The van der Waals surface area contributed by atoms with Gasteiger partial charge in [-0.25, -0.2) is 0 Å². The highest BCUT2D eigenvalue weighted by molar-refractivity contribution is 5.20. The second kappa shape index (κ2) is 5.92. The second-order valence-electron chi connectivity index (χ2n) is 3.54. The molecule has 2 aromatic carbocycles. The lowest BCUT2D eigenvalue weighted by atomic mass is 10.1. The molecule has 0 aliphatic rings. The Morgan fingerprint density at radius 2 is 1.06 bits per heavy atom. The van der Waals surface area contributed by atoms with Gasteiger partial charge in [0.15, 0.2) is 0 Å². The lowest BCUT2D eigenvalue weighted by Gasteiger charge is -1.96. The second-order valence-corrected chi connectivity index (χ2v) is 3.54. The molecule has 0 heteroatoms. The Labute approximate surface area is 100 Å². The zero-order valence-electron chi connectivity index (χ0n) is 11.1. The Morgan fingerprint density at radius 3 is 1.44 bits per heavy atom. The van der Waals surface area contributed by atoms with Crippen molar-refractivity contribution in [2.75, 3.05) is 0 Å². The van der Waals surface area contributed by atoms with Crippen LogP contribution >= 0.6 is 0 Å². The maximum absolute atomic E-state index is 8.00. The number of allylic oxidation sites excluding steroid dienone is 2. The van der Waals surface area contributed by atoms with Gasteiger partial charge in [-0.3, -0.25) is 0 Å². The van der Waals surface area contributed by atoms with Crippen molar-refractivity contribution in [2.45, 2.75) is 12.8 Å². The van der Waals surface area contributed by atoms with E-state index in [1.165, 1.54) is 0 Å². The van der Waals surface area contributed by atoms with Crippen molar-refractivity contribution in [3.05, 3.63) is 83.9 Å². The van der Waals surface area contributed by atoms with Crippen LogP contribution in [0.3, 0.4) is 0 Å². The molecule has 0 bridgehead atoms. The predicted molar refractivity (Wildman–Crippen MR) is 69.4 cm³/mol. The highest BCUT2D eigenvalue weighted by Gasteiger charge is 1.87. The van der Waals surface area contributed by atoms with E-state index in [9.17, 15) is 0 Å². The molecule has 0 nitrogen and oxygen atoms in total. The van der Waals surface area contributed by atoms with Gasteiger partial charge in [0, 0.05) is 2.74 Å². The Balaban J connectivity index is 2.03. The van der Waals surface area contributed by atoms with E-state index >= 15 is 0 Å². The lowest BCUT2D eigenvalue weighted by Crippen LogP contribution is -1.81. The average Bonchev–Trinajstić information content (AvgIpc) is 2.46. The van der Waals surface area contributed by atoms with E-state index in [2.05, 4.69) is 0 Å². The van der Waals surface area contributed by atoms with Crippen LogP contribution in [0, 0.1) is 0 Å². The summed E-state index contributed by atoms with van der Waals surface area (Å²) in [5, 5.41) is 0. The van der Waals surface area contributed by atoms with E-state index in [4.69, 9.17) is 2.74 Å². The molecular formula is C16H16. The number of hydrogen-bond donors (Lipinski definition) is 0. The summed E-state index contributed by atoms with van der Waals surface area (Å²) in [6.45, 7) is 0. The van der Waals surface area contributed by atoms with Crippen LogP contribution in [0.5, 0.6) is 0 Å². The van der Waals surface area contributed by atoms with Crippen LogP contribution in [0.25, 0.3) is 0 Å². The number of benzene rings is 2. The third kappa shape index (κ3) is 3.39. The van der Waals surface area contributed by atoms with E-state index in [-0.39, 0.29) is 0 Å². The zero-order valence-corrected chi connectivity index (χ0v) is 9.08. The fourth-order valence-corrected chi connectivity index (χ4v) is 1.46. The molecule has 0 heterocycles. The molecule has 0 fully saturated rings. The summed E-state index contributed by atoms with van der Waals surface area (Å²) in [5.41, 5.74) is 1.91. The van der Waals surface area contributed by atoms with E-state index in [1.807, 2.05) is 60.7 Å². The van der Waals surface area contributed by atoms with Crippen LogP contribution in [0.4, 0.5) is 0 Å². The van der Waals surface area contributed by atoms with Crippen LogP contribution in [-0.2, 0) is 12.8 Å². The summed E-state index contributed by atoms with van der Waals surface area (Å²) < 4.78 is 16.0. The Bertz CT molecular complexity index is 444. The standard InChI is InChI=1S/C16H16/c1-3-9-15(10-4-1)13-7-8-14-16-11-5-2-6-12-16/h1-12H,13-14H2/i13D,14D/t13-,14-/m0/s1. The van der Waals surface area contributed by atoms with Gasteiger partial charge < -0.3 is 0 Å². The third-order valence-corrected chi connectivity index (χ3v) is 2.29. The minimum absolute atomic E-state index is 0.400. The van der Waals surface area contributed by atoms with Crippen LogP contribution in [0.15, 0.2) is 72.8 Å². The molecule has 0 N–H and O–H groups in total. The predicted octanol–water partition coefficient (Wildman–Crippen LogP) is 4.03. The third-order valence-electron chi connectivity index (χ3n) is 2.29. The topological polar surface area (TPSA) is 0 Å². The van der Waals surface area contributed by atoms with Gasteiger partial charge in [-0.15, -0.1) is 0 Å². The van der Waals surface area contributed by atoms with Gasteiger partial charge in [-0.2, -0.15) is 0 Å². The maximum Gasteiger partial charge on any atom is 0.0359 e. The summed E-state index contributed by atoms with van der Waals surface area (Å²) in [4.78, 5) is 0. The van der Waals surface area contributed by atoms with Crippen LogP contribution in [0.2, 0.25) is 0 Å². The van der Waals surface area contributed by atoms with Crippen molar-refractivity contribution in [2.24, 2.45) is 0 Å². The first-order chi connectivity index (χ1) is 8.77. The smallest absolute Gasteiger partial charge is 0.0359 e. The van der Waals surface area contributed by atoms with Gasteiger partial charge >= 0.3 is 0 Å². The van der Waals surface area contributed by atoms with Gasteiger partial charge in [0.05, 0.1) is 0 Å². The molecule has 80 valence electrons. The molecule has 2 aromatic rings. The SMILES string of the molecule is [2H][C@@H](C=C[C@H]([2H])c1ccccc1)c1ccccc1. The van der Waals surface area contributed by atoms with Crippen molar-refractivity contribution in [3.8, 4) is 0 Å². The van der Waals surface area contributed by atoms with Gasteiger partial charge in [-0.05, 0) is 23.9 Å². The Morgan fingerprint density at radius 1 is 0.688 bits per heavy atom. The monoisotopic (exact) mass is 210 g/mol. The van der Waals surface area contributed by atoms with Crippen molar-refractivity contribution in [3.63, 3.8) is 0 Å². The molecule has 0 saturated carbocycles. The molecule has 2 atom stereocenters. The fourth-order valence-electron chi connectivity index (χ4n) is 1.46. The molecule has 0 aliphatic heterocycles. The first-order valence-electron chi connectivity index (χ1n) is 6.55. The van der Waals surface area contributed by atoms with E-state index in [0.29, 0.717) is 0 Å². The van der Waals surface area contributed by atoms with Gasteiger partial charge in [0.1, 0.15) is 0 Å². The average molecular weight is 210 g/mol. The summed E-state index contributed by atoms with van der Waals surface area (Å²) >= 11 is 0. The molecule has 2 rings (SSSR count). The van der Waals surface area contributed by atoms with E-state index in [0.717, 1.165) is 11.1 Å². The van der Waals surface area contributed by atoms with Crippen molar-refractivity contribution < 1.29 is 2.74 Å². The van der Waals surface area contributed by atoms with Crippen molar-refractivity contribution >= 4 is 0 Å². The largest absolute Gasteiger partial charge is 0.0838 e. The quantitative estimate of drug-likeness (QED) is 0.668. The Kier molecular flexibility index (Phi) is 3.09. The van der Waals surface area contributed by atoms with E-state index in [1.54, 1.807) is 12.2 Å². The molecule has 0 amide bonds. The minimum Gasteiger partial charge on any atom is -0.0838 e. The molecule has 16 heavy (non-hydrogen) atoms. The normalized spacial score (nSPS) is 16.5. The van der Waals surface area contributed by atoms with Gasteiger partial charge in [0.2, 0.25) is 0 Å². The number of hydrogen-bond acceptors (Lipinski definition) is 0. The first-order valence-corrected chi connectivity index (χ1v) is 5.40. The van der Waals surface area contributed by atoms with Crippen molar-refractivity contribution in [1.29, 1.82) is 0 Å². The molecule has 0 aromatic heterocycles. The molecular weight excluding hydrogens is 192 g/mol. The molecule has 0 radical (unpaired) electrons. The highest BCUT2D eigenvalue weighted by Crippen LogP contribution is 2.03. The molecule has 0 saturated heterocycles. The highest BCUT2D eigenvalue weighted by atomic mass is 13.9. The summed E-state index contributed by atoms with van der Waals surface area (Å²) in [6, 6.07) is 19.3. The van der Waals surface area contributed by atoms with Gasteiger partial charge in [0.25, 0.3) is 0 Å². The molecule has 0 aliphatic carbocycles. The number of rotatable bonds is 4. The van der Waals surface area contributed by atoms with Crippen LogP contribution in [0.1, 0.15) is 13.9 Å². The lowest BCUT2D eigenvalue weighted by molar-refractivity contribution is 1.21. The fraction of sp³-hybridized carbons (Fsp3) is 0.125. The van der Waals surface area contributed by atoms with E-state index < -0.39 is 12.8 Å². The maximum atomic E-state index is 8.00. The minimum atomic E-state index is -0.400. The van der Waals surface area contributed by atoms with Crippen molar-refractivity contribution in [1.82, 2.24) is 0 Å². The first kappa shape index (κ1) is 8.35. The molecule has 0 unspecified atom stereocenters. The summed E-state index contributed by atoms with van der Waals surface area (Å²) in [5.74, 6) is 0. The van der Waals surface area contributed by atoms with Crippen LogP contribution in [-0.4, -0.2) is 0 Å². The summed E-state index contributed by atoms with van der Waals surface area (Å²) in [6.07, 6.45) is 2.76. The van der Waals surface area contributed by atoms with Crippen LogP contribution < -0.4 is 0 Å².